The SMILES string of the molecule is CC(C)N(C(C)C)P(OCC#N)OCCN(C)C(=O)c1cc(Cl)c(Cl)cc1-c1c2cc(Cl)c(=O)cc-2oc2cc(OC(=O)C(C)(C)C)c(Cl)cc12. The van der Waals surface area contributed by atoms with Crippen molar-refractivity contribution in [2.45, 2.75) is 60.5 Å². The Hall–Kier alpha value is -2.97. The first kappa shape index (κ1) is 40.8. The third-order valence-corrected chi connectivity index (χ3v) is 11.0. The summed E-state index contributed by atoms with van der Waals surface area (Å²) in [5, 5.41) is 9.86. The van der Waals surface area contributed by atoms with Crippen LogP contribution in [0.25, 0.3) is 33.4 Å². The first-order chi connectivity index (χ1) is 23.8. The quantitative estimate of drug-likeness (QED) is 0.0597. The molecular formula is C36H38Cl4N3O7P. The molecular weight excluding hydrogens is 759 g/mol. The van der Waals surface area contributed by atoms with Crippen LogP contribution in [0.5, 0.6) is 5.75 Å². The Morgan fingerprint density at radius 1 is 0.902 bits per heavy atom. The number of fused-ring (bicyclic) bond motifs is 2. The number of ether oxygens (including phenoxy) is 1. The zero-order valence-electron chi connectivity index (χ0n) is 29.4. The number of nitrogens with zero attached hydrogens (tertiary/aromatic N) is 3. The molecule has 2 aromatic rings. The van der Waals surface area contributed by atoms with Crippen molar-refractivity contribution in [2.75, 3.05) is 26.8 Å². The lowest BCUT2D eigenvalue weighted by Crippen LogP contribution is -2.35. The van der Waals surface area contributed by atoms with Crippen LogP contribution in [0.4, 0.5) is 0 Å². The molecule has 15 heteroatoms. The number of hydrogen-bond donors (Lipinski definition) is 0. The second-order valence-electron chi connectivity index (χ2n) is 13.3. The van der Waals surface area contributed by atoms with Crippen molar-refractivity contribution in [2.24, 2.45) is 5.41 Å². The van der Waals surface area contributed by atoms with Gasteiger partial charge in [0, 0.05) is 59.9 Å². The number of halogens is 4. The molecule has 272 valence electrons. The molecule has 4 rings (SSSR count). The van der Waals surface area contributed by atoms with Crippen molar-refractivity contribution in [1.29, 1.82) is 5.26 Å². The molecule has 0 fully saturated rings. The van der Waals surface area contributed by atoms with E-state index < -0.39 is 31.2 Å². The van der Waals surface area contributed by atoms with E-state index in [2.05, 4.69) is 0 Å². The zero-order valence-corrected chi connectivity index (χ0v) is 33.3. The molecule has 0 N–H and O–H groups in total. The third kappa shape index (κ3) is 9.34. The molecule has 1 aliphatic carbocycles. The number of nitriles is 1. The lowest BCUT2D eigenvalue weighted by molar-refractivity contribution is -0.142. The van der Waals surface area contributed by atoms with Gasteiger partial charge in [-0.3, -0.25) is 14.4 Å². The number of esters is 1. The van der Waals surface area contributed by atoms with Crippen LogP contribution in [0.3, 0.4) is 0 Å². The van der Waals surface area contributed by atoms with Gasteiger partial charge in [0.25, 0.3) is 14.4 Å². The molecule has 1 amide bonds. The van der Waals surface area contributed by atoms with Crippen LogP contribution in [0.2, 0.25) is 20.1 Å². The van der Waals surface area contributed by atoms with Gasteiger partial charge in [-0.1, -0.05) is 46.4 Å². The predicted octanol–water partition coefficient (Wildman–Crippen LogP) is 10.1. The highest BCUT2D eigenvalue weighted by Gasteiger charge is 2.30. The molecule has 10 nitrogen and oxygen atoms in total. The predicted molar refractivity (Wildman–Crippen MR) is 203 cm³/mol. The van der Waals surface area contributed by atoms with E-state index in [1.165, 1.54) is 29.2 Å². The lowest BCUT2D eigenvalue weighted by atomic mass is 9.90. The molecule has 51 heavy (non-hydrogen) atoms. The van der Waals surface area contributed by atoms with Gasteiger partial charge >= 0.3 is 5.97 Å². The molecule has 2 aromatic carbocycles. The van der Waals surface area contributed by atoms with Gasteiger partial charge < -0.3 is 23.1 Å². The van der Waals surface area contributed by atoms with Crippen molar-refractivity contribution >= 4 is 77.8 Å². The Kier molecular flexibility index (Phi) is 13.4. The van der Waals surface area contributed by atoms with Crippen LogP contribution >= 0.6 is 54.9 Å². The maximum atomic E-state index is 14.2. The van der Waals surface area contributed by atoms with Gasteiger partial charge in [0.2, 0.25) is 5.43 Å². The summed E-state index contributed by atoms with van der Waals surface area (Å²) < 4.78 is 25.7. The first-order valence-corrected chi connectivity index (χ1v) is 18.6. The Bertz CT molecular complexity index is 2020. The van der Waals surface area contributed by atoms with Crippen molar-refractivity contribution in [1.82, 2.24) is 9.57 Å². The minimum atomic E-state index is -1.59. The number of amides is 1. The van der Waals surface area contributed by atoms with Gasteiger partial charge in [-0.2, -0.15) is 5.26 Å². The Morgan fingerprint density at radius 3 is 2.14 bits per heavy atom. The summed E-state index contributed by atoms with van der Waals surface area (Å²) in [6.07, 6.45) is 0. The smallest absolute Gasteiger partial charge is 0.316 e. The van der Waals surface area contributed by atoms with E-state index in [1.807, 2.05) is 38.4 Å². The molecule has 0 bridgehead atoms. The van der Waals surface area contributed by atoms with Gasteiger partial charge in [0.1, 0.15) is 18.0 Å². The first-order valence-electron chi connectivity index (χ1n) is 15.9. The minimum Gasteiger partial charge on any atom is -0.456 e. The van der Waals surface area contributed by atoms with Gasteiger partial charge in [-0.25, -0.2) is 4.67 Å². The number of rotatable bonds is 12. The van der Waals surface area contributed by atoms with Gasteiger partial charge in [-0.15, -0.1) is 0 Å². The normalized spacial score (nSPS) is 12.6. The summed E-state index contributed by atoms with van der Waals surface area (Å²) >= 11 is 26.1. The highest BCUT2D eigenvalue weighted by Crippen LogP contribution is 2.47. The lowest BCUT2D eigenvalue weighted by Gasteiger charge is -2.35. The number of likely N-dealkylation sites (N-methyl/N-ethyl adjacent to an activating group) is 1. The van der Waals surface area contributed by atoms with Gasteiger partial charge in [-0.05, 0) is 78.3 Å². The van der Waals surface area contributed by atoms with Crippen LogP contribution in [0, 0.1) is 16.7 Å². The average molecular weight is 797 g/mol. The summed E-state index contributed by atoms with van der Waals surface area (Å²) in [7, 11) is 0.0271. The second-order valence-corrected chi connectivity index (χ2v) is 16.4. The Labute approximate surface area is 318 Å². The van der Waals surface area contributed by atoms with E-state index in [1.54, 1.807) is 40.0 Å². The topological polar surface area (TPSA) is 122 Å². The number of benzene rings is 3. The van der Waals surface area contributed by atoms with Gasteiger partial charge in [0.15, 0.2) is 5.75 Å². The number of carbonyl (C=O) groups is 2. The fraction of sp³-hybridized carbons (Fsp3) is 0.389. The molecule has 0 spiro atoms. The molecule has 2 aliphatic rings. The van der Waals surface area contributed by atoms with Crippen molar-refractivity contribution in [3.63, 3.8) is 0 Å². The number of hydrogen-bond acceptors (Lipinski definition) is 9. The van der Waals surface area contributed by atoms with Crippen LogP contribution in [0.1, 0.15) is 58.8 Å². The molecule has 0 radical (unpaired) electrons. The minimum absolute atomic E-state index is 0.0480. The summed E-state index contributed by atoms with van der Waals surface area (Å²) in [5.41, 5.74) is 0.247. The maximum Gasteiger partial charge on any atom is 0.316 e. The molecule has 0 saturated heterocycles. The molecule has 1 aliphatic heterocycles. The molecule has 0 saturated carbocycles. The Morgan fingerprint density at radius 2 is 1.53 bits per heavy atom. The average Bonchev–Trinajstić information content (AvgIpc) is 3.03. The van der Waals surface area contributed by atoms with E-state index >= 15 is 0 Å². The van der Waals surface area contributed by atoms with E-state index in [0.717, 1.165) is 0 Å². The summed E-state index contributed by atoms with van der Waals surface area (Å²) in [6, 6.07) is 10.9. The van der Waals surface area contributed by atoms with Crippen molar-refractivity contribution < 1.29 is 27.8 Å². The summed E-state index contributed by atoms with van der Waals surface area (Å²) in [4.78, 5) is 41.1. The van der Waals surface area contributed by atoms with Crippen molar-refractivity contribution in [3.05, 3.63) is 72.3 Å². The van der Waals surface area contributed by atoms with Crippen LogP contribution in [-0.2, 0) is 13.8 Å². The van der Waals surface area contributed by atoms with Crippen LogP contribution < -0.4 is 10.2 Å². The van der Waals surface area contributed by atoms with E-state index in [4.69, 9.17) is 69.9 Å². The zero-order chi connectivity index (χ0) is 37.9. The fourth-order valence-electron chi connectivity index (χ4n) is 5.24. The monoisotopic (exact) mass is 795 g/mol. The van der Waals surface area contributed by atoms with Crippen LogP contribution in [-0.4, -0.2) is 60.3 Å². The second kappa shape index (κ2) is 16.8. The standard InChI is InChI=1S/C36H38Cl4N3O7P/c1-19(2)43(20(3)4)51(47-11-9-41)48-12-10-42(8)34(45)22-14-26(38)25(37)13-21(22)33-23-15-27(39)29(44)17-30(23)49-31-18-32(28(40)16-24(31)33)50-35(46)36(5,6)7/h13-20H,10-12H2,1-8H3. The largest absolute Gasteiger partial charge is 0.456 e. The van der Waals surface area contributed by atoms with Gasteiger partial charge in [0.05, 0.1) is 38.2 Å². The highest BCUT2D eigenvalue weighted by molar-refractivity contribution is 7.44. The molecule has 0 aromatic heterocycles. The summed E-state index contributed by atoms with van der Waals surface area (Å²) in [6.45, 7) is 13.3. The molecule has 1 atom stereocenters. The van der Waals surface area contributed by atoms with E-state index in [9.17, 15) is 14.4 Å². The van der Waals surface area contributed by atoms with E-state index in [-0.39, 0.29) is 74.6 Å². The third-order valence-electron chi connectivity index (χ3n) is 7.66. The summed E-state index contributed by atoms with van der Waals surface area (Å²) in [5.74, 6) is -0.742. The van der Waals surface area contributed by atoms with Crippen molar-refractivity contribution in [3.8, 4) is 34.3 Å². The maximum absolute atomic E-state index is 14.2. The van der Waals surface area contributed by atoms with Crippen LogP contribution in [0.15, 0.2) is 45.6 Å². The fourth-order valence-corrected chi connectivity index (χ4v) is 7.43. The molecule has 1 unspecified atom stereocenters. The highest BCUT2D eigenvalue weighted by atomic mass is 35.5. The Balaban J connectivity index is 1.83. The van der Waals surface area contributed by atoms with E-state index in [0.29, 0.717) is 22.1 Å². The number of carbonyl (C=O) groups excluding carboxylic acids is 2. The molecule has 1 heterocycles.